The molecule has 7 heteroatoms. The zero-order valence-electron chi connectivity index (χ0n) is 14.6. The summed E-state index contributed by atoms with van der Waals surface area (Å²) in [6, 6.07) is 5.15. The van der Waals surface area contributed by atoms with Crippen LogP contribution in [0.4, 0.5) is 0 Å². The van der Waals surface area contributed by atoms with E-state index in [1.54, 1.807) is 34.6 Å². The molecule has 1 aromatic heterocycles. The maximum Gasteiger partial charge on any atom is 0.356 e. The van der Waals surface area contributed by atoms with E-state index in [2.05, 4.69) is 18.1 Å². The van der Waals surface area contributed by atoms with Gasteiger partial charge in [-0.25, -0.2) is 9.48 Å². The molecule has 1 atom stereocenters. The summed E-state index contributed by atoms with van der Waals surface area (Å²) in [4.78, 5) is 13.0. The van der Waals surface area contributed by atoms with Crippen molar-refractivity contribution in [3.63, 3.8) is 0 Å². The van der Waals surface area contributed by atoms with Crippen LogP contribution in [-0.2, 0) is 0 Å². The van der Waals surface area contributed by atoms with E-state index >= 15 is 0 Å². The predicted molar refractivity (Wildman–Crippen MR) is 108 cm³/mol. The standard InChI is InChI=1S/C19H20Cl2N2O2S/c1-3-4-5-13-7-9-16(26-13)18-11(2)17(19(24)25)22-23(18)15-8-6-12(20)10-14(15)21/h6-8,10,16H,3-5,9H2,1-2H3,(H,24,25). The lowest BCUT2D eigenvalue weighted by Crippen LogP contribution is -2.06. The van der Waals surface area contributed by atoms with Gasteiger partial charge in [-0.05, 0) is 49.3 Å². The van der Waals surface area contributed by atoms with Crippen LogP contribution in [0.5, 0.6) is 0 Å². The maximum absolute atomic E-state index is 11.6. The van der Waals surface area contributed by atoms with Gasteiger partial charge in [0.2, 0.25) is 0 Å². The fourth-order valence-corrected chi connectivity index (χ4v) is 5.01. The summed E-state index contributed by atoms with van der Waals surface area (Å²) in [5, 5.41) is 15.0. The van der Waals surface area contributed by atoms with E-state index in [-0.39, 0.29) is 10.9 Å². The molecule has 1 aliphatic heterocycles. The summed E-state index contributed by atoms with van der Waals surface area (Å²) in [6.45, 7) is 4.00. The van der Waals surface area contributed by atoms with E-state index in [9.17, 15) is 9.90 Å². The number of benzene rings is 1. The van der Waals surface area contributed by atoms with Gasteiger partial charge < -0.3 is 5.11 Å². The van der Waals surface area contributed by atoms with E-state index in [1.807, 2.05) is 6.92 Å². The first-order valence-corrected chi connectivity index (χ1v) is 10.2. The second kappa shape index (κ2) is 8.07. The Bertz CT molecular complexity index is 877. The van der Waals surface area contributed by atoms with Gasteiger partial charge in [0.15, 0.2) is 5.69 Å². The van der Waals surface area contributed by atoms with Gasteiger partial charge in [0.05, 0.1) is 21.7 Å². The number of aromatic carboxylic acids is 1. The van der Waals surface area contributed by atoms with E-state index in [4.69, 9.17) is 23.2 Å². The molecule has 26 heavy (non-hydrogen) atoms. The molecular weight excluding hydrogens is 391 g/mol. The van der Waals surface area contributed by atoms with Crippen LogP contribution >= 0.6 is 35.0 Å². The number of aromatic nitrogens is 2. The molecule has 0 aliphatic carbocycles. The van der Waals surface area contributed by atoms with E-state index in [1.165, 1.54) is 4.91 Å². The summed E-state index contributed by atoms with van der Waals surface area (Å²) < 4.78 is 1.67. The minimum Gasteiger partial charge on any atom is -0.476 e. The van der Waals surface area contributed by atoms with E-state index in [0.29, 0.717) is 21.3 Å². The SMILES string of the molecule is CCCCC1=CCC(c2c(C)c(C(=O)O)nn2-c2ccc(Cl)cc2Cl)S1. The van der Waals surface area contributed by atoms with Crippen LogP contribution in [0.3, 0.4) is 0 Å². The number of carboxylic acid groups (broad SMARTS) is 1. The smallest absolute Gasteiger partial charge is 0.356 e. The molecular formula is C19H20Cl2N2O2S. The molecule has 0 bridgehead atoms. The fraction of sp³-hybridized carbons (Fsp3) is 0.368. The largest absolute Gasteiger partial charge is 0.476 e. The average molecular weight is 411 g/mol. The monoisotopic (exact) mass is 410 g/mol. The Morgan fingerprint density at radius 1 is 1.42 bits per heavy atom. The number of unbranched alkanes of at least 4 members (excludes halogenated alkanes) is 1. The first-order chi connectivity index (χ1) is 12.4. The van der Waals surface area contributed by atoms with Crippen LogP contribution in [0.15, 0.2) is 29.2 Å². The van der Waals surface area contributed by atoms with Crippen molar-refractivity contribution in [1.29, 1.82) is 0 Å². The Hall–Kier alpha value is -1.43. The molecule has 1 unspecified atom stereocenters. The summed E-state index contributed by atoms with van der Waals surface area (Å²) >= 11 is 14.2. The number of hydrogen-bond donors (Lipinski definition) is 1. The molecule has 2 aromatic rings. The molecule has 0 saturated carbocycles. The topological polar surface area (TPSA) is 55.1 Å². The fourth-order valence-electron chi connectivity index (χ4n) is 3.12. The molecule has 0 radical (unpaired) electrons. The number of rotatable bonds is 6. The Morgan fingerprint density at radius 3 is 2.85 bits per heavy atom. The van der Waals surface area contributed by atoms with Crippen molar-refractivity contribution >= 4 is 40.9 Å². The molecule has 4 nitrogen and oxygen atoms in total. The number of nitrogens with zero attached hydrogens (tertiary/aromatic N) is 2. The van der Waals surface area contributed by atoms with Gasteiger partial charge in [-0.1, -0.05) is 42.6 Å². The molecule has 0 spiro atoms. The highest BCUT2D eigenvalue weighted by Gasteiger charge is 2.30. The van der Waals surface area contributed by atoms with Crippen molar-refractivity contribution in [2.75, 3.05) is 0 Å². The summed E-state index contributed by atoms with van der Waals surface area (Å²) in [6.07, 6.45) is 6.50. The molecule has 3 rings (SSSR count). The van der Waals surface area contributed by atoms with Gasteiger partial charge in [-0.15, -0.1) is 11.8 Å². The average Bonchev–Trinajstić information content (AvgIpc) is 3.17. The molecule has 0 saturated heterocycles. The number of halogens is 2. The highest BCUT2D eigenvalue weighted by atomic mass is 35.5. The van der Waals surface area contributed by atoms with Crippen LogP contribution < -0.4 is 0 Å². The van der Waals surface area contributed by atoms with Gasteiger partial charge in [-0.2, -0.15) is 5.10 Å². The van der Waals surface area contributed by atoms with Gasteiger partial charge in [-0.3, -0.25) is 0 Å². The Balaban J connectivity index is 2.03. The second-order valence-electron chi connectivity index (χ2n) is 6.29. The van der Waals surface area contributed by atoms with Crippen molar-refractivity contribution in [3.05, 3.63) is 56.2 Å². The number of hydrogen-bond acceptors (Lipinski definition) is 3. The van der Waals surface area contributed by atoms with Crippen LogP contribution in [0.2, 0.25) is 10.0 Å². The van der Waals surface area contributed by atoms with Crippen molar-refractivity contribution < 1.29 is 9.90 Å². The predicted octanol–water partition coefficient (Wildman–Crippen LogP) is 6.44. The highest BCUT2D eigenvalue weighted by Crippen LogP contribution is 2.47. The minimum absolute atomic E-state index is 0.0635. The van der Waals surface area contributed by atoms with Crippen molar-refractivity contribution in [2.45, 2.75) is 44.8 Å². The molecule has 1 N–H and O–H groups in total. The molecule has 2 heterocycles. The molecule has 0 fully saturated rings. The zero-order chi connectivity index (χ0) is 18.8. The lowest BCUT2D eigenvalue weighted by atomic mass is 10.1. The van der Waals surface area contributed by atoms with Crippen LogP contribution in [-0.4, -0.2) is 20.9 Å². The second-order valence-corrected chi connectivity index (χ2v) is 8.46. The lowest BCUT2D eigenvalue weighted by Gasteiger charge is -2.16. The van der Waals surface area contributed by atoms with Crippen molar-refractivity contribution in [2.24, 2.45) is 0 Å². The third-order valence-corrected chi connectivity index (χ3v) is 6.35. The normalized spacial score (nSPS) is 16.8. The first-order valence-electron chi connectivity index (χ1n) is 8.56. The number of allylic oxidation sites excluding steroid dienone is 2. The van der Waals surface area contributed by atoms with Crippen LogP contribution in [0, 0.1) is 6.92 Å². The quantitative estimate of drug-likeness (QED) is 0.595. The first kappa shape index (κ1) is 19.3. The van der Waals surface area contributed by atoms with Crippen LogP contribution in [0.25, 0.3) is 5.69 Å². The highest BCUT2D eigenvalue weighted by molar-refractivity contribution is 8.03. The van der Waals surface area contributed by atoms with Gasteiger partial charge >= 0.3 is 5.97 Å². The summed E-state index contributed by atoms with van der Waals surface area (Å²) in [5.41, 5.74) is 2.28. The number of thioether (sulfide) groups is 1. The van der Waals surface area contributed by atoms with E-state index in [0.717, 1.165) is 31.4 Å². The molecule has 0 amide bonds. The Morgan fingerprint density at radius 2 is 2.19 bits per heavy atom. The molecule has 1 aliphatic rings. The van der Waals surface area contributed by atoms with Crippen LogP contribution in [0.1, 0.15) is 59.6 Å². The van der Waals surface area contributed by atoms with Gasteiger partial charge in [0.25, 0.3) is 0 Å². The maximum atomic E-state index is 11.6. The summed E-state index contributed by atoms with van der Waals surface area (Å²) in [5.74, 6) is -1.03. The van der Waals surface area contributed by atoms with Gasteiger partial charge in [0.1, 0.15) is 0 Å². The molecule has 138 valence electrons. The Kier molecular flexibility index (Phi) is 6.00. The zero-order valence-corrected chi connectivity index (χ0v) is 17.0. The third-order valence-electron chi connectivity index (χ3n) is 4.44. The number of carboxylic acids is 1. The van der Waals surface area contributed by atoms with E-state index < -0.39 is 5.97 Å². The van der Waals surface area contributed by atoms with Crippen molar-refractivity contribution in [1.82, 2.24) is 9.78 Å². The Labute approximate surface area is 167 Å². The summed E-state index contributed by atoms with van der Waals surface area (Å²) in [7, 11) is 0. The van der Waals surface area contributed by atoms with Gasteiger partial charge in [0, 0.05) is 10.6 Å². The molecule has 1 aromatic carbocycles. The van der Waals surface area contributed by atoms with Crippen molar-refractivity contribution in [3.8, 4) is 5.69 Å². The third kappa shape index (κ3) is 3.80. The minimum atomic E-state index is -1.03. The lowest BCUT2D eigenvalue weighted by molar-refractivity contribution is 0.0689. The number of carbonyl (C=O) groups is 1.